The van der Waals surface area contributed by atoms with Crippen LogP contribution in [0.3, 0.4) is 0 Å². The van der Waals surface area contributed by atoms with Crippen molar-refractivity contribution in [1.82, 2.24) is 9.97 Å². The van der Waals surface area contributed by atoms with Crippen molar-refractivity contribution in [2.24, 2.45) is 0 Å². The second-order valence-corrected chi connectivity index (χ2v) is 14.0. The van der Waals surface area contributed by atoms with Gasteiger partial charge in [-0.05, 0) is 57.0 Å². The Hall–Kier alpha value is -2.76. The summed E-state index contributed by atoms with van der Waals surface area (Å²) in [5.74, 6) is -0.693. The number of aromatic nitrogens is 2. The van der Waals surface area contributed by atoms with Gasteiger partial charge in [-0.25, -0.2) is 0 Å². The van der Waals surface area contributed by atoms with Gasteiger partial charge in [0.05, 0.1) is 51.4 Å². The zero-order chi connectivity index (χ0) is 27.9. The van der Waals surface area contributed by atoms with Crippen LogP contribution in [0.2, 0.25) is 0 Å². The van der Waals surface area contributed by atoms with Gasteiger partial charge in [0.15, 0.2) is 0 Å². The Morgan fingerprint density at radius 1 is 0.895 bits per heavy atom. The number of rotatable bonds is 9. The topological polar surface area (TPSA) is 141 Å². The molecule has 2 N–H and O–H groups in total. The van der Waals surface area contributed by atoms with Gasteiger partial charge in [0.1, 0.15) is 0 Å². The molecule has 0 amide bonds. The van der Waals surface area contributed by atoms with Crippen LogP contribution in [0, 0.1) is 0 Å². The summed E-state index contributed by atoms with van der Waals surface area (Å²) < 4.78 is 63.9. The summed E-state index contributed by atoms with van der Waals surface area (Å²) in [5, 5.41) is 0. The van der Waals surface area contributed by atoms with E-state index in [9.17, 15) is 25.9 Å². The molecule has 38 heavy (non-hydrogen) atoms. The van der Waals surface area contributed by atoms with Crippen molar-refractivity contribution >= 4 is 31.6 Å². The first-order valence-electron chi connectivity index (χ1n) is 12.5. The van der Waals surface area contributed by atoms with E-state index >= 15 is 0 Å². The summed E-state index contributed by atoms with van der Waals surface area (Å²) >= 11 is 0. The molecule has 0 radical (unpaired) electrons. The number of hydrogen-bond acceptors (Lipinski definition) is 8. The first kappa shape index (κ1) is 28.3. The molecule has 2 aromatic heterocycles. The standard InChI is InChI=1S/C26H34N4O6S2/c1-25(2)21(29(15-7-17-37(31,32)33)19-9-5-13-27-23(19)25)11-12-22-26(3,4)24-20(10-6-14-28-24)30(22)16-8-18-38(34,35)36/h5-6,9-11,13-14,21H,7-8,15-18H2,1-4H3,(H,31,32,33)(H,34,35,36). The predicted molar refractivity (Wildman–Crippen MR) is 147 cm³/mol. The van der Waals surface area contributed by atoms with Crippen LogP contribution in [0.15, 0.2) is 54.2 Å². The summed E-state index contributed by atoms with van der Waals surface area (Å²) in [7, 11) is -8.18. The Labute approximate surface area is 224 Å². The quantitative estimate of drug-likeness (QED) is 0.345. The normalized spacial score (nSPS) is 19.7. The Kier molecular flexibility index (Phi) is 7.50. The molecule has 1 unspecified atom stereocenters. The van der Waals surface area contributed by atoms with E-state index in [1.165, 1.54) is 0 Å². The monoisotopic (exact) mass is 562 g/mol. The second-order valence-electron chi connectivity index (χ2n) is 10.8. The Bertz CT molecular complexity index is 1500. The largest absolute Gasteiger partial charge is 0.362 e. The molecule has 0 saturated carbocycles. The minimum Gasteiger partial charge on any atom is -0.362 e. The van der Waals surface area contributed by atoms with E-state index in [0.717, 1.165) is 28.5 Å². The zero-order valence-corrected chi connectivity index (χ0v) is 23.6. The highest BCUT2D eigenvalue weighted by atomic mass is 32.2. The first-order valence-corrected chi connectivity index (χ1v) is 15.7. The van der Waals surface area contributed by atoms with Crippen LogP contribution in [0.4, 0.5) is 11.4 Å². The van der Waals surface area contributed by atoms with Crippen molar-refractivity contribution in [3.63, 3.8) is 0 Å². The van der Waals surface area contributed by atoms with Crippen molar-refractivity contribution < 1.29 is 25.9 Å². The first-order chi connectivity index (χ1) is 17.6. The summed E-state index contributed by atoms with van der Waals surface area (Å²) in [6.07, 6.45) is 5.89. The Balaban J connectivity index is 1.75. The lowest BCUT2D eigenvalue weighted by atomic mass is 9.82. The van der Waals surface area contributed by atoms with Gasteiger partial charge in [0.25, 0.3) is 20.2 Å². The van der Waals surface area contributed by atoms with Gasteiger partial charge in [-0.15, -0.1) is 5.73 Å². The summed E-state index contributed by atoms with van der Waals surface area (Å²) in [6.45, 7) is 8.98. The van der Waals surface area contributed by atoms with Gasteiger partial charge in [-0.3, -0.25) is 19.1 Å². The maximum absolute atomic E-state index is 11.4. The summed E-state index contributed by atoms with van der Waals surface area (Å²) in [4.78, 5) is 13.3. The lowest BCUT2D eigenvalue weighted by molar-refractivity contribution is 0.460. The van der Waals surface area contributed by atoms with Gasteiger partial charge < -0.3 is 9.80 Å². The zero-order valence-electron chi connectivity index (χ0n) is 22.0. The van der Waals surface area contributed by atoms with E-state index in [1.54, 1.807) is 12.4 Å². The van der Waals surface area contributed by atoms with Crippen molar-refractivity contribution in [1.29, 1.82) is 0 Å². The van der Waals surface area contributed by atoms with E-state index in [0.29, 0.717) is 13.1 Å². The molecule has 10 nitrogen and oxygen atoms in total. The highest BCUT2D eigenvalue weighted by molar-refractivity contribution is 7.86. The van der Waals surface area contributed by atoms with Gasteiger partial charge >= 0.3 is 0 Å². The van der Waals surface area contributed by atoms with Gasteiger partial charge in [-0.1, -0.05) is 13.8 Å². The van der Waals surface area contributed by atoms with Crippen molar-refractivity contribution in [3.8, 4) is 0 Å². The van der Waals surface area contributed by atoms with Crippen molar-refractivity contribution in [2.45, 2.75) is 57.4 Å². The molecule has 2 aliphatic heterocycles. The van der Waals surface area contributed by atoms with Crippen LogP contribution in [0.1, 0.15) is 51.9 Å². The maximum Gasteiger partial charge on any atom is 0.264 e. The molecule has 0 bridgehead atoms. The van der Waals surface area contributed by atoms with Crippen molar-refractivity contribution in [2.75, 3.05) is 34.4 Å². The average Bonchev–Trinajstić information content (AvgIpc) is 3.15. The number of nitrogens with zero attached hydrogens (tertiary/aromatic N) is 4. The Morgan fingerprint density at radius 3 is 2.05 bits per heavy atom. The predicted octanol–water partition coefficient (Wildman–Crippen LogP) is 3.34. The van der Waals surface area contributed by atoms with Crippen LogP contribution >= 0.6 is 0 Å². The van der Waals surface area contributed by atoms with Crippen LogP contribution in [-0.2, 0) is 31.1 Å². The highest BCUT2D eigenvalue weighted by Crippen LogP contribution is 2.47. The minimum atomic E-state index is -4.09. The van der Waals surface area contributed by atoms with Crippen LogP contribution in [0.5, 0.6) is 0 Å². The SMILES string of the molecule is CC1(C)C(=C=CC2N(CCCS(=O)(=O)O)c3cccnc3C2(C)C)N(CCCS(=O)(=O)O)c2cccnc21. The molecular formula is C26H34N4O6S2. The molecule has 0 saturated heterocycles. The molecule has 0 spiro atoms. The third-order valence-electron chi connectivity index (χ3n) is 7.28. The van der Waals surface area contributed by atoms with Gasteiger partial charge in [0.2, 0.25) is 0 Å². The molecule has 2 aromatic rings. The van der Waals surface area contributed by atoms with Crippen LogP contribution < -0.4 is 9.80 Å². The molecule has 12 heteroatoms. The molecule has 206 valence electrons. The van der Waals surface area contributed by atoms with E-state index in [4.69, 9.17) is 0 Å². The van der Waals surface area contributed by atoms with E-state index in [1.807, 2.05) is 49.1 Å². The number of hydrogen-bond donors (Lipinski definition) is 2. The smallest absolute Gasteiger partial charge is 0.264 e. The highest BCUT2D eigenvalue weighted by Gasteiger charge is 2.45. The third-order valence-corrected chi connectivity index (χ3v) is 8.88. The number of fused-ring (bicyclic) bond motifs is 2. The fourth-order valence-electron chi connectivity index (χ4n) is 5.50. The third kappa shape index (κ3) is 5.64. The van der Waals surface area contributed by atoms with Crippen LogP contribution in [0.25, 0.3) is 0 Å². The fourth-order valence-corrected chi connectivity index (χ4v) is 6.49. The number of pyridine rings is 2. The molecule has 4 heterocycles. The van der Waals surface area contributed by atoms with Gasteiger partial charge in [-0.2, -0.15) is 16.8 Å². The second kappa shape index (κ2) is 10.1. The molecule has 0 aromatic carbocycles. The molecule has 4 rings (SSSR count). The van der Waals surface area contributed by atoms with E-state index in [-0.39, 0.29) is 30.4 Å². The molecule has 0 aliphatic carbocycles. The van der Waals surface area contributed by atoms with E-state index < -0.39 is 31.1 Å². The minimum absolute atomic E-state index is 0.214. The lowest BCUT2D eigenvalue weighted by Crippen LogP contribution is -2.41. The lowest BCUT2D eigenvalue weighted by Gasteiger charge is -2.31. The average molecular weight is 563 g/mol. The molecular weight excluding hydrogens is 528 g/mol. The van der Waals surface area contributed by atoms with E-state index in [2.05, 4.69) is 34.4 Å². The maximum atomic E-state index is 11.4. The molecule has 1 atom stereocenters. The Morgan fingerprint density at radius 2 is 1.45 bits per heavy atom. The summed E-state index contributed by atoms with van der Waals surface area (Å²) in [5.41, 5.74) is 6.90. The number of anilines is 2. The van der Waals surface area contributed by atoms with Crippen molar-refractivity contribution in [3.05, 3.63) is 65.6 Å². The van der Waals surface area contributed by atoms with Crippen LogP contribution in [-0.4, -0.2) is 66.5 Å². The molecule has 0 fully saturated rings. The molecule has 2 aliphatic rings. The fraction of sp³-hybridized carbons (Fsp3) is 0.500. The summed E-state index contributed by atoms with van der Waals surface area (Å²) in [6, 6.07) is 7.35. The van der Waals surface area contributed by atoms with Gasteiger partial charge in [0, 0.05) is 30.9 Å².